The molecule has 1 fully saturated rings. The van der Waals surface area contributed by atoms with Crippen LogP contribution in [0.25, 0.3) is 11.1 Å². The molecule has 1 aliphatic rings. The Bertz CT molecular complexity index is 930. The minimum absolute atomic E-state index is 0.310. The smallest absolute Gasteiger partial charge is 0.329 e. The van der Waals surface area contributed by atoms with Crippen LogP contribution >= 0.6 is 0 Å². The van der Waals surface area contributed by atoms with Gasteiger partial charge in [-0.1, -0.05) is 12.1 Å². The van der Waals surface area contributed by atoms with Gasteiger partial charge in [0.2, 0.25) is 0 Å². The van der Waals surface area contributed by atoms with Gasteiger partial charge in [0.25, 0.3) is 11.6 Å². The van der Waals surface area contributed by atoms with Crippen molar-refractivity contribution < 1.29 is 4.42 Å². The molecule has 0 saturated carbocycles. The van der Waals surface area contributed by atoms with Crippen LogP contribution in [0.2, 0.25) is 0 Å². The van der Waals surface area contributed by atoms with Gasteiger partial charge in [0, 0.05) is 39.3 Å². The number of aromatic nitrogens is 3. The van der Waals surface area contributed by atoms with Crippen molar-refractivity contribution in [3.8, 4) is 0 Å². The molecule has 8 nitrogen and oxygen atoms in total. The predicted octanol–water partition coefficient (Wildman–Crippen LogP) is 0.541. The van der Waals surface area contributed by atoms with E-state index in [1.54, 1.807) is 0 Å². The summed E-state index contributed by atoms with van der Waals surface area (Å²) in [7, 11) is 1.45. The second kappa shape index (κ2) is 5.55. The Kier molecular flexibility index (Phi) is 3.37. The van der Waals surface area contributed by atoms with Crippen LogP contribution in [0.5, 0.6) is 0 Å². The lowest BCUT2D eigenvalue weighted by atomic mass is 10.3. The fourth-order valence-corrected chi connectivity index (χ4v) is 2.85. The molecule has 1 aromatic carbocycles. The number of aromatic amines is 1. The SMILES string of the molecule is Cn1c(=O)cc(N2CCN(c3nc4ccccc4o3)CC2)[nH]c1=O. The van der Waals surface area contributed by atoms with E-state index in [-0.39, 0.29) is 5.56 Å². The third-order valence-corrected chi connectivity index (χ3v) is 4.30. The molecule has 4 rings (SSSR count). The fraction of sp³-hybridized carbons (Fsp3) is 0.312. The first kappa shape index (κ1) is 14.6. The van der Waals surface area contributed by atoms with Gasteiger partial charge < -0.3 is 14.2 Å². The van der Waals surface area contributed by atoms with Crippen molar-refractivity contribution in [2.24, 2.45) is 7.05 Å². The van der Waals surface area contributed by atoms with Gasteiger partial charge in [-0.15, -0.1) is 0 Å². The van der Waals surface area contributed by atoms with E-state index in [4.69, 9.17) is 4.42 Å². The summed E-state index contributed by atoms with van der Waals surface area (Å²) in [6, 6.07) is 9.72. The molecule has 1 aliphatic heterocycles. The monoisotopic (exact) mass is 327 g/mol. The number of hydrogen-bond donors (Lipinski definition) is 1. The maximum Gasteiger partial charge on any atom is 0.329 e. The highest BCUT2D eigenvalue weighted by molar-refractivity contribution is 5.74. The Labute approximate surface area is 136 Å². The maximum atomic E-state index is 11.8. The van der Waals surface area contributed by atoms with Crippen LogP contribution in [0, 0.1) is 0 Å². The average Bonchev–Trinajstić information content (AvgIpc) is 3.03. The molecule has 0 bridgehead atoms. The lowest BCUT2D eigenvalue weighted by molar-refractivity contribution is 0.539. The highest BCUT2D eigenvalue weighted by Crippen LogP contribution is 2.23. The number of rotatable bonds is 2. The van der Waals surface area contributed by atoms with Crippen molar-refractivity contribution in [3.05, 3.63) is 51.2 Å². The Morgan fingerprint density at radius 3 is 2.50 bits per heavy atom. The summed E-state index contributed by atoms with van der Waals surface area (Å²) in [4.78, 5) is 34.8. The number of oxazole rings is 1. The van der Waals surface area contributed by atoms with Gasteiger partial charge in [0.05, 0.1) is 0 Å². The van der Waals surface area contributed by atoms with E-state index in [1.807, 2.05) is 29.2 Å². The molecule has 2 aromatic heterocycles. The summed E-state index contributed by atoms with van der Waals surface area (Å²) in [5.41, 5.74) is 0.894. The second-order valence-corrected chi connectivity index (χ2v) is 5.80. The molecule has 0 amide bonds. The molecule has 3 heterocycles. The van der Waals surface area contributed by atoms with Crippen LogP contribution in [0.1, 0.15) is 0 Å². The number of nitrogens with one attached hydrogen (secondary N) is 1. The first-order chi connectivity index (χ1) is 11.6. The fourth-order valence-electron chi connectivity index (χ4n) is 2.85. The number of anilines is 2. The average molecular weight is 327 g/mol. The first-order valence-corrected chi connectivity index (χ1v) is 7.77. The highest BCUT2D eigenvalue weighted by Gasteiger charge is 2.22. The number of piperazine rings is 1. The van der Waals surface area contributed by atoms with Gasteiger partial charge in [-0.25, -0.2) is 4.79 Å². The summed E-state index contributed by atoms with van der Waals surface area (Å²) < 4.78 is 6.84. The molecular formula is C16H17N5O3. The number of nitrogens with zero attached hydrogens (tertiary/aromatic N) is 4. The zero-order valence-corrected chi connectivity index (χ0v) is 13.2. The van der Waals surface area contributed by atoms with Gasteiger partial charge >= 0.3 is 5.69 Å². The lowest BCUT2D eigenvalue weighted by Crippen LogP contribution is -2.48. The minimum atomic E-state index is -0.404. The summed E-state index contributed by atoms with van der Waals surface area (Å²) in [5.74, 6) is 0.556. The van der Waals surface area contributed by atoms with E-state index in [0.717, 1.165) is 15.7 Å². The Morgan fingerprint density at radius 2 is 1.79 bits per heavy atom. The van der Waals surface area contributed by atoms with Crippen molar-refractivity contribution in [1.29, 1.82) is 0 Å². The van der Waals surface area contributed by atoms with Gasteiger partial charge in [-0.2, -0.15) is 4.98 Å². The van der Waals surface area contributed by atoms with E-state index in [9.17, 15) is 9.59 Å². The molecule has 0 radical (unpaired) electrons. The lowest BCUT2D eigenvalue weighted by Gasteiger charge is -2.34. The van der Waals surface area contributed by atoms with E-state index < -0.39 is 5.69 Å². The largest absolute Gasteiger partial charge is 0.423 e. The molecule has 0 aliphatic carbocycles. The minimum Gasteiger partial charge on any atom is -0.423 e. The normalized spacial score (nSPS) is 15.2. The third kappa shape index (κ3) is 2.45. The molecule has 3 aromatic rings. The molecule has 1 N–H and O–H groups in total. The number of benzene rings is 1. The van der Waals surface area contributed by atoms with E-state index >= 15 is 0 Å². The van der Waals surface area contributed by atoms with Crippen molar-refractivity contribution in [1.82, 2.24) is 14.5 Å². The number of hydrogen-bond acceptors (Lipinski definition) is 6. The maximum absolute atomic E-state index is 11.8. The summed E-state index contributed by atoms with van der Waals surface area (Å²) >= 11 is 0. The molecule has 0 atom stereocenters. The van der Waals surface area contributed by atoms with Crippen LogP contribution < -0.4 is 21.0 Å². The Balaban J connectivity index is 1.52. The molecule has 0 spiro atoms. The zero-order chi connectivity index (χ0) is 16.7. The summed E-state index contributed by atoms with van der Waals surface area (Å²) in [6.07, 6.45) is 0. The van der Waals surface area contributed by atoms with Crippen LogP contribution in [0.3, 0.4) is 0 Å². The van der Waals surface area contributed by atoms with Gasteiger partial charge in [-0.3, -0.25) is 14.3 Å². The number of H-pyrrole nitrogens is 1. The van der Waals surface area contributed by atoms with E-state index in [2.05, 4.69) is 14.9 Å². The Morgan fingerprint density at radius 1 is 1.08 bits per heavy atom. The Hall–Kier alpha value is -3.03. The molecule has 8 heteroatoms. The van der Waals surface area contributed by atoms with Gasteiger partial charge in [-0.05, 0) is 12.1 Å². The van der Waals surface area contributed by atoms with Crippen LogP contribution in [-0.4, -0.2) is 40.7 Å². The molecule has 0 unspecified atom stereocenters. The van der Waals surface area contributed by atoms with Crippen molar-refractivity contribution in [3.63, 3.8) is 0 Å². The van der Waals surface area contributed by atoms with Crippen LogP contribution in [0.4, 0.5) is 11.8 Å². The molecule has 24 heavy (non-hydrogen) atoms. The molecular weight excluding hydrogens is 310 g/mol. The van der Waals surface area contributed by atoms with Crippen LogP contribution in [-0.2, 0) is 7.05 Å². The first-order valence-electron chi connectivity index (χ1n) is 7.77. The van der Waals surface area contributed by atoms with E-state index in [1.165, 1.54) is 13.1 Å². The quantitative estimate of drug-likeness (QED) is 0.739. The molecule has 1 saturated heterocycles. The number of para-hydroxylation sites is 2. The van der Waals surface area contributed by atoms with Gasteiger partial charge in [0.1, 0.15) is 11.3 Å². The topological polar surface area (TPSA) is 87.4 Å². The molecule has 124 valence electrons. The van der Waals surface area contributed by atoms with Gasteiger partial charge in [0.15, 0.2) is 5.58 Å². The van der Waals surface area contributed by atoms with Crippen molar-refractivity contribution >= 4 is 22.9 Å². The summed E-state index contributed by atoms with van der Waals surface area (Å²) in [6.45, 7) is 2.73. The standard InChI is InChI=1S/C16H17N5O3/c1-19-14(22)10-13(18-15(19)23)20-6-8-21(9-7-20)16-17-11-4-2-3-5-12(11)24-16/h2-5,10H,6-9H2,1H3,(H,18,23). The van der Waals surface area contributed by atoms with Crippen molar-refractivity contribution in [2.75, 3.05) is 36.0 Å². The highest BCUT2D eigenvalue weighted by atomic mass is 16.4. The van der Waals surface area contributed by atoms with Crippen LogP contribution in [0.15, 0.2) is 44.3 Å². The third-order valence-electron chi connectivity index (χ3n) is 4.30. The zero-order valence-electron chi connectivity index (χ0n) is 13.2. The van der Waals surface area contributed by atoms with E-state index in [0.29, 0.717) is 38.0 Å². The number of fused-ring (bicyclic) bond motifs is 1. The predicted molar refractivity (Wildman–Crippen MR) is 90.7 cm³/mol. The summed E-state index contributed by atoms with van der Waals surface area (Å²) in [5, 5.41) is 0. The second-order valence-electron chi connectivity index (χ2n) is 5.80. The van der Waals surface area contributed by atoms with Crippen molar-refractivity contribution in [2.45, 2.75) is 0 Å².